The second-order valence-electron chi connectivity index (χ2n) is 7.03. The highest BCUT2D eigenvalue weighted by Gasteiger charge is 2.42. The molecular formula is C20H34O2. The average molecular weight is 306 g/mol. The summed E-state index contributed by atoms with van der Waals surface area (Å²) in [6.45, 7) is 12.3. The molecule has 2 fully saturated rings. The maximum atomic E-state index is 5.73. The van der Waals surface area contributed by atoms with E-state index in [-0.39, 0.29) is 0 Å². The maximum absolute atomic E-state index is 5.73. The van der Waals surface area contributed by atoms with E-state index in [9.17, 15) is 0 Å². The molecule has 0 spiro atoms. The van der Waals surface area contributed by atoms with Crippen LogP contribution in [0.2, 0.25) is 0 Å². The molecule has 2 rings (SSSR count). The molecule has 22 heavy (non-hydrogen) atoms. The van der Waals surface area contributed by atoms with Gasteiger partial charge in [-0.1, -0.05) is 64.5 Å². The van der Waals surface area contributed by atoms with Crippen LogP contribution in [0.5, 0.6) is 0 Å². The van der Waals surface area contributed by atoms with Gasteiger partial charge >= 0.3 is 0 Å². The Hall–Kier alpha value is -0.600. The lowest BCUT2D eigenvalue weighted by Crippen LogP contribution is -2.20. The van der Waals surface area contributed by atoms with Crippen molar-refractivity contribution in [2.75, 3.05) is 0 Å². The van der Waals surface area contributed by atoms with Gasteiger partial charge in [0.1, 0.15) is 12.2 Å². The molecule has 2 heterocycles. The van der Waals surface area contributed by atoms with E-state index in [1.807, 2.05) is 12.2 Å². The van der Waals surface area contributed by atoms with Crippen molar-refractivity contribution < 1.29 is 9.47 Å². The molecule has 2 aliphatic rings. The van der Waals surface area contributed by atoms with Crippen molar-refractivity contribution in [3.05, 3.63) is 25.3 Å². The highest BCUT2D eigenvalue weighted by Crippen LogP contribution is 2.40. The van der Waals surface area contributed by atoms with E-state index in [2.05, 4.69) is 27.0 Å². The number of hydrogen-bond donors (Lipinski definition) is 0. The number of rotatable bonds is 13. The van der Waals surface area contributed by atoms with Crippen LogP contribution in [0, 0.1) is 11.8 Å². The Kier molecular flexibility index (Phi) is 7.17. The minimum atomic E-state index is 0.314. The van der Waals surface area contributed by atoms with Crippen molar-refractivity contribution in [3.63, 3.8) is 0 Å². The van der Waals surface area contributed by atoms with Gasteiger partial charge in [0.2, 0.25) is 0 Å². The largest absolute Gasteiger partial charge is 0.365 e. The first kappa shape index (κ1) is 17.7. The average Bonchev–Trinajstić information content (AvgIpc) is 3.43. The molecule has 2 nitrogen and oxygen atoms in total. The quantitative estimate of drug-likeness (QED) is 0.341. The summed E-state index contributed by atoms with van der Waals surface area (Å²) in [5.74, 6) is 1.55. The van der Waals surface area contributed by atoms with Gasteiger partial charge < -0.3 is 9.47 Å². The third-order valence-electron chi connectivity index (χ3n) is 5.30. The third-order valence-corrected chi connectivity index (χ3v) is 5.30. The van der Waals surface area contributed by atoms with Crippen LogP contribution in [-0.4, -0.2) is 24.4 Å². The normalized spacial score (nSPS) is 32.3. The molecule has 6 unspecified atom stereocenters. The second kappa shape index (κ2) is 8.88. The van der Waals surface area contributed by atoms with Gasteiger partial charge in [0.05, 0.1) is 12.2 Å². The number of hydrogen-bond acceptors (Lipinski definition) is 2. The summed E-state index contributed by atoms with van der Waals surface area (Å²) in [5.41, 5.74) is 0. The SMILES string of the molecule is C=CC1OC1CC(CCCC)C(CCCC)CC1OC1C=C. The van der Waals surface area contributed by atoms with Crippen LogP contribution in [0.4, 0.5) is 0 Å². The Morgan fingerprint density at radius 3 is 1.50 bits per heavy atom. The molecule has 0 amide bonds. The van der Waals surface area contributed by atoms with E-state index in [4.69, 9.17) is 9.47 Å². The van der Waals surface area contributed by atoms with Crippen LogP contribution >= 0.6 is 0 Å². The van der Waals surface area contributed by atoms with Crippen LogP contribution in [0.3, 0.4) is 0 Å². The Morgan fingerprint density at radius 2 is 1.23 bits per heavy atom. The van der Waals surface area contributed by atoms with Crippen LogP contribution in [0.15, 0.2) is 25.3 Å². The number of unbranched alkanes of at least 4 members (excludes halogenated alkanes) is 2. The predicted octanol–water partition coefficient (Wildman–Crippen LogP) is 5.29. The maximum Gasteiger partial charge on any atom is 0.102 e. The summed E-state index contributed by atoms with van der Waals surface area (Å²) in [5, 5.41) is 0. The first-order valence-electron chi connectivity index (χ1n) is 9.29. The predicted molar refractivity (Wildman–Crippen MR) is 93.0 cm³/mol. The van der Waals surface area contributed by atoms with Crippen LogP contribution in [0.25, 0.3) is 0 Å². The van der Waals surface area contributed by atoms with Gasteiger partial charge in [-0.3, -0.25) is 0 Å². The molecule has 0 aromatic rings. The first-order chi connectivity index (χ1) is 10.7. The van der Waals surface area contributed by atoms with Gasteiger partial charge in [-0.05, 0) is 24.7 Å². The lowest BCUT2D eigenvalue weighted by Gasteiger charge is -2.27. The summed E-state index contributed by atoms with van der Waals surface area (Å²) in [7, 11) is 0. The lowest BCUT2D eigenvalue weighted by atomic mass is 9.78. The fraction of sp³-hybridized carbons (Fsp3) is 0.800. The van der Waals surface area contributed by atoms with Crippen molar-refractivity contribution >= 4 is 0 Å². The number of epoxide rings is 2. The van der Waals surface area contributed by atoms with E-state index in [1.54, 1.807) is 0 Å². The Morgan fingerprint density at radius 1 is 0.818 bits per heavy atom. The van der Waals surface area contributed by atoms with Crippen LogP contribution in [0.1, 0.15) is 65.2 Å². The zero-order chi connectivity index (χ0) is 15.9. The molecule has 0 aliphatic carbocycles. The van der Waals surface area contributed by atoms with Gasteiger partial charge in [0, 0.05) is 0 Å². The van der Waals surface area contributed by atoms with Crippen molar-refractivity contribution in [3.8, 4) is 0 Å². The van der Waals surface area contributed by atoms with E-state index < -0.39 is 0 Å². The zero-order valence-corrected chi connectivity index (χ0v) is 14.5. The van der Waals surface area contributed by atoms with Crippen LogP contribution < -0.4 is 0 Å². The fourth-order valence-corrected chi connectivity index (χ4v) is 3.73. The summed E-state index contributed by atoms with van der Waals surface area (Å²) >= 11 is 0. The minimum absolute atomic E-state index is 0.314. The molecule has 0 N–H and O–H groups in total. The monoisotopic (exact) mass is 306 g/mol. The molecule has 0 bridgehead atoms. The molecule has 0 aromatic heterocycles. The molecule has 2 aliphatic heterocycles. The Balaban J connectivity index is 1.90. The topological polar surface area (TPSA) is 25.1 Å². The van der Waals surface area contributed by atoms with E-state index in [1.165, 1.54) is 51.4 Å². The van der Waals surface area contributed by atoms with Crippen molar-refractivity contribution in [1.82, 2.24) is 0 Å². The zero-order valence-electron chi connectivity index (χ0n) is 14.5. The second-order valence-corrected chi connectivity index (χ2v) is 7.03. The molecule has 2 saturated heterocycles. The van der Waals surface area contributed by atoms with E-state index >= 15 is 0 Å². The Labute approximate surface area is 137 Å². The molecule has 6 atom stereocenters. The minimum Gasteiger partial charge on any atom is -0.365 e. The van der Waals surface area contributed by atoms with Gasteiger partial charge in [-0.15, -0.1) is 13.2 Å². The van der Waals surface area contributed by atoms with Gasteiger partial charge in [0.15, 0.2) is 0 Å². The third kappa shape index (κ3) is 5.24. The summed E-state index contributed by atoms with van der Waals surface area (Å²) in [6.07, 6.45) is 15.7. The highest BCUT2D eigenvalue weighted by molar-refractivity contribution is 5.01. The molecule has 0 saturated carbocycles. The van der Waals surface area contributed by atoms with E-state index in [0.717, 1.165) is 11.8 Å². The molecular weight excluding hydrogens is 272 g/mol. The van der Waals surface area contributed by atoms with Gasteiger partial charge in [0.25, 0.3) is 0 Å². The fourth-order valence-electron chi connectivity index (χ4n) is 3.73. The molecule has 0 aromatic carbocycles. The summed E-state index contributed by atoms with van der Waals surface area (Å²) < 4.78 is 11.5. The highest BCUT2D eigenvalue weighted by atomic mass is 16.6. The van der Waals surface area contributed by atoms with E-state index in [0.29, 0.717) is 24.4 Å². The molecule has 0 radical (unpaired) electrons. The van der Waals surface area contributed by atoms with Crippen molar-refractivity contribution in [1.29, 1.82) is 0 Å². The van der Waals surface area contributed by atoms with Crippen molar-refractivity contribution in [2.24, 2.45) is 11.8 Å². The summed E-state index contributed by atoms with van der Waals surface area (Å²) in [4.78, 5) is 0. The summed E-state index contributed by atoms with van der Waals surface area (Å²) in [6, 6.07) is 0. The van der Waals surface area contributed by atoms with Gasteiger partial charge in [-0.25, -0.2) is 0 Å². The smallest absolute Gasteiger partial charge is 0.102 e. The molecule has 2 heteroatoms. The standard InChI is InChI=1S/C20H34O2/c1-5-9-11-15(13-19-17(7-3)21-19)16(12-10-6-2)14-20-18(8-4)22-20/h7-8,15-20H,3-6,9-14H2,1-2H3. The first-order valence-corrected chi connectivity index (χ1v) is 9.29. The molecule has 126 valence electrons. The Bertz CT molecular complexity index is 318. The van der Waals surface area contributed by atoms with Gasteiger partial charge in [-0.2, -0.15) is 0 Å². The number of ether oxygens (including phenoxy) is 2. The van der Waals surface area contributed by atoms with Crippen molar-refractivity contribution in [2.45, 2.75) is 89.6 Å². The lowest BCUT2D eigenvalue weighted by molar-refractivity contribution is 0.211. The van der Waals surface area contributed by atoms with Crippen LogP contribution in [-0.2, 0) is 9.47 Å².